The lowest BCUT2D eigenvalue weighted by Crippen LogP contribution is -2.32. The molecular formula is C7H13NO4S. The maximum absolute atomic E-state index is 10.8. The molecule has 0 rings (SSSR count). The number of carboxylic acids is 1. The van der Waals surface area contributed by atoms with Crippen LogP contribution in [0.1, 0.15) is 6.42 Å². The molecule has 13 heavy (non-hydrogen) atoms. The van der Waals surface area contributed by atoms with Crippen molar-refractivity contribution in [3.63, 3.8) is 0 Å². The summed E-state index contributed by atoms with van der Waals surface area (Å²) in [6.07, 6.45) is 0.435. The molecule has 0 saturated heterocycles. The number of ether oxygens (including phenoxy) is 1. The maximum Gasteiger partial charge on any atom is 0.322 e. The smallest absolute Gasteiger partial charge is 0.322 e. The lowest BCUT2D eigenvalue weighted by molar-refractivity contribution is -0.142. The van der Waals surface area contributed by atoms with Crippen molar-refractivity contribution in [2.75, 3.05) is 18.6 Å². The van der Waals surface area contributed by atoms with Gasteiger partial charge in [0.1, 0.15) is 6.04 Å². The van der Waals surface area contributed by atoms with E-state index >= 15 is 0 Å². The standard InChI is InChI=1S/C7H13NO4S/c1-12-7(11)5(8)2-3-13-4-6(9)10/h5H,2-4,8H2,1H3,(H,9,10). The molecule has 0 heterocycles. The van der Waals surface area contributed by atoms with Gasteiger partial charge in [0.05, 0.1) is 12.9 Å². The number of esters is 1. The van der Waals surface area contributed by atoms with Crippen LogP contribution < -0.4 is 5.73 Å². The zero-order chi connectivity index (χ0) is 10.3. The van der Waals surface area contributed by atoms with Gasteiger partial charge in [0.15, 0.2) is 0 Å². The molecule has 0 aromatic heterocycles. The number of rotatable bonds is 6. The highest BCUT2D eigenvalue weighted by Crippen LogP contribution is 2.04. The van der Waals surface area contributed by atoms with E-state index in [9.17, 15) is 9.59 Å². The zero-order valence-corrected chi connectivity index (χ0v) is 8.17. The fraction of sp³-hybridized carbons (Fsp3) is 0.714. The first-order valence-electron chi connectivity index (χ1n) is 3.71. The van der Waals surface area contributed by atoms with E-state index in [-0.39, 0.29) is 5.75 Å². The van der Waals surface area contributed by atoms with Crippen molar-refractivity contribution in [2.24, 2.45) is 5.73 Å². The number of thioether (sulfide) groups is 1. The van der Waals surface area contributed by atoms with Crippen LogP contribution in [0.25, 0.3) is 0 Å². The number of carbonyl (C=O) groups excluding carboxylic acids is 1. The van der Waals surface area contributed by atoms with E-state index in [1.165, 1.54) is 18.9 Å². The second kappa shape index (κ2) is 6.73. The first kappa shape index (κ1) is 12.2. The molecule has 0 aliphatic carbocycles. The van der Waals surface area contributed by atoms with E-state index in [4.69, 9.17) is 10.8 Å². The molecule has 0 amide bonds. The van der Waals surface area contributed by atoms with E-state index in [1.54, 1.807) is 0 Å². The summed E-state index contributed by atoms with van der Waals surface area (Å²) in [6, 6.07) is -0.647. The summed E-state index contributed by atoms with van der Waals surface area (Å²) in [5.41, 5.74) is 5.41. The summed E-state index contributed by atoms with van der Waals surface area (Å²) in [5.74, 6) is -0.747. The number of aliphatic carboxylic acids is 1. The highest BCUT2D eigenvalue weighted by Gasteiger charge is 2.12. The molecular weight excluding hydrogens is 194 g/mol. The molecule has 0 aliphatic rings. The van der Waals surface area contributed by atoms with E-state index < -0.39 is 18.0 Å². The topological polar surface area (TPSA) is 89.6 Å². The Balaban J connectivity index is 3.42. The Kier molecular flexibility index (Phi) is 6.34. The van der Waals surface area contributed by atoms with E-state index in [2.05, 4.69) is 4.74 Å². The Hall–Kier alpha value is -0.750. The number of hydrogen-bond donors (Lipinski definition) is 2. The highest BCUT2D eigenvalue weighted by molar-refractivity contribution is 7.99. The lowest BCUT2D eigenvalue weighted by atomic mass is 10.2. The normalized spacial score (nSPS) is 12.2. The minimum Gasteiger partial charge on any atom is -0.481 e. The third-order valence-corrected chi connectivity index (χ3v) is 2.28. The molecule has 0 aliphatic heterocycles. The number of hydrogen-bond acceptors (Lipinski definition) is 5. The van der Waals surface area contributed by atoms with Gasteiger partial charge in [-0.3, -0.25) is 9.59 Å². The molecule has 0 bridgehead atoms. The van der Waals surface area contributed by atoms with Crippen LogP contribution in [0.15, 0.2) is 0 Å². The van der Waals surface area contributed by atoms with Crippen LogP contribution in [0.5, 0.6) is 0 Å². The van der Waals surface area contributed by atoms with Gasteiger partial charge >= 0.3 is 11.9 Å². The van der Waals surface area contributed by atoms with Gasteiger partial charge in [0.25, 0.3) is 0 Å². The molecule has 0 aromatic carbocycles. The molecule has 1 atom stereocenters. The van der Waals surface area contributed by atoms with E-state index in [0.29, 0.717) is 12.2 Å². The van der Waals surface area contributed by atoms with Crippen molar-refractivity contribution in [1.29, 1.82) is 0 Å². The first-order chi connectivity index (χ1) is 6.07. The fourth-order valence-corrected chi connectivity index (χ4v) is 1.38. The van der Waals surface area contributed by atoms with Crippen LogP contribution in [0.4, 0.5) is 0 Å². The molecule has 0 radical (unpaired) electrons. The van der Waals surface area contributed by atoms with Gasteiger partial charge in [-0.25, -0.2) is 0 Å². The summed E-state index contributed by atoms with van der Waals surface area (Å²) in [7, 11) is 1.27. The Morgan fingerprint density at radius 3 is 2.69 bits per heavy atom. The molecule has 0 spiro atoms. The van der Waals surface area contributed by atoms with Crippen LogP contribution in [-0.2, 0) is 14.3 Å². The van der Waals surface area contributed by atoms with Gasteiger partial charge in [-0.1, -0.05) is 0 Å². The molecule has 5 nitrogen and oxygen atoms in total. The van der Waals surface area contributed by atoms with Gasteiger partial charge in [-0.05, 0) is 12.2 Å². The second-order valence-corrected chi connectivity index (χ2v) is 3.47. The van der Waals surface area contributed by atoms with E-state index in [0.717, 1.165) is 0 Å². The Labute approximate surface area is 80.6 Å². The number of methoxy groups -OCH3 is 1. The average Bonchev–Trinajstić information content (AvgIpc) is 2.10. The SMILES string of the molecule is COC(=O)C(N)CCSCC(=O)O. The van der Waals surface area contributed by atoms with Gasteiger partial charge in [0.2, 0.25) is 0 Å². The van der Waals surface area contributed by atoms with Crippen molar-refractivity contribution in [2.45, 2.75) is 12.5 Å². The van der Waals surface area contributed by atoms with Crippen LogP contribution >= 0.6 is 11.8 Å². The van der Waals surface area contributed by atoms with Gasteiger partial charge in [0, 0.05) is 0 Å². The minimum absolute atomic E-state index is 0.0356. The molecule has 1 unspecified atom stereocenters. The largest absolute Gasteiger partial charge is 0.481 e. The Morgan fingerprint density at radius 1 is 1.62 bits per heavy atom. The van der Waals surface area contributed by atoms with E-state index in [1.807, 2.05) is 0 Å². The molecule has 0 aromatic rings. The molecule has 3 N–H and O–H groups in total. The molecule has 0 fully saturated rings. The highest BCUT2D eigenvalue weighted by atomic mass is 32.2. The molecule has 6 heteroatoms. The second-order valence-electron chi connectivity index (χ2n) is 2.36. The summed E-state index contributed by atoms with van der Waals surface area (Å²) in [5, 5.41) is 8.29. The summed E-state index contributed by atoms with van der Waals surface area (Å²) < 4.78 is 4.40. The predicted octanol–water partition coefficient (Wildman–Crippen LogP) is -0.305. The van der Waals surface area contributed by atoms with Crippen molar-refractivity contribution < 1.29 is 19.4 Å². The van der Waals surface area contributed by atoms with Gasteiger partial charge in [-0.2, -0.15) is 11.8 Å². The summed E-state index contributed by atoms with van der Waals surface area (Å²) in [6.45, 7) is 0. The maximum atomic E-state index is 10.8. The van der Waals surface area contributed by atoms with Crippen molar-refractivity contribution in [3.05, 3.63) is 0 Å². The summed E-state index contributed by atoms with van der Waals surface area (Å²) in [4.78, 5) is 20.9. The predicted molar refractivity (Wildman–Crippen MR) is 49.6 cm³/mol. The van der Waals surface area contributed by atoms with Crippen LogP contribution in [0.2, 0.25) is 0 Å². The van der Waals surface area contributed by atoms with Crippen molar-refractivity contribution >= 4 is 23.7 Å². The van der Waals surface area contributed by atoms with Crippen LogP contribution in [0, 0.1) is 0 Å². The third-order valence-electron chi connectivity index (χ3n) is 1.30. The zero-order valence-electron chi connectivity index (χ0n) is 7.36. The van der Waals surface area contributed by atoms with Crippen LogP contribution in [0.3, 0.4) is 0 Å². The third kappa shape index (κ3) is 6.41. The fourth-order valence-electron chi connectivity index (χ4n) is 0.639. The van der Waals surface area contributed by atoms with Gasteiger partial charge < -0.3 is 15.6 Å². The number of nitrogens with two attached hydrogens (primary N) is 1. The number of carboxylic acid groups (broad SMARTS) is 1. The Bertz CT molecular complexity index is 185. The van der Waals surface area contributed by atoms with Crippen molar-refractivity contribution in [3.8, 4) is 0 Å². The average molecular weight is 207 g/mol. The lowest BCUT2D eigenvalue weighted by Gasteiger charge is -2.07. The monoisotopic (exact) mass is 207 g/mol. The molecule has 76 valence electrons. The Morgan fingerprint density at radius 2 is 2.23 bits per heavy atom. The van der Waals surface area contributed by atoms with Gasteiger partial charge in [-0.15, -0.1) is 0 Å². The summed E-state index contributed by atoms with van der Waals surface area (Å²) >= 11 is 1.23. The number of carbonyl (C=O) groups is 2. The van der Waals surface area contributed by atoms with Crippen LogP contribution in [-0.4, -0.2) is 41.7 Å². The van der Waals surface area contributed by atoms with Crippen molar-refractivity contribution in [1.82, 2.24) is 0 Å². The minimum atomic E-state index is -0.864. The first-order valence-corrected chi connectivity index (χ1v) is 4.86. The quantitative estimate of drug-likeness (QED) is 0.459. The molecule has 0 saturated carbocycles.